The highest BCUT2D eigenvalue weighted by Crippen LogP contribution is 2.71. The van der Waals surface area contributed by atoms with Crippen molar-refractivity contribution in [2.75, 3.05) is 20.0 Å². The maximum Gasteiger partial charge on any atom is 0.279 e. The Balaban J connectivity index is 1.59. The van der Waals surface area contributed by atoms with Crippen LogP contribution in [-0.2, 0) is 18.9 Å². The summed E-state index contributed by atoms with van der Waals surface area (Å²) >= 11 is 0. The van der Waals surface area contributed by atoms with Gasteiger partial charge in [-0.2, -0.15) is 15.8 Å². The summed E-state index contributed by atoms with van der Waals surface area (Å²) in [6.07, 6.45) is -1.14. The van der Waals surface area contributed by atoms with Crippen molar-refractivity contribution in [3.63, 3.8) is 0 Å². The van der Waals surface area contributed by atoms with Crippen molar-refractivity contribution in [2.45, 2.75) is 36.9 Å². The molecule has 4 heterocycles. The molecule has 6 rings (SSSR count). The van der Waals surface area contributed by atoms with Crippen LogP contribution in [0, 0.1) is 66.3 Å². The Morgan fingerprint density at radius 2 is 1.74 bits per heavy atom. The fourth-order valence-corrected chi connectivity index (χ4v) is 6.14. The SMILES string of the molecule is N#CC1(C#N)C(c2cc3c(cc2[N+](=O)[O-])OCO3)OC23CCC4(CC2C1(C#N)C(=N)O3)OCCO4. The summed E-state index contributed by atoms with van der Waals surface area (Å²) in [4.78, 5) is 11.3. The first-order valence-electron chi connectivity index (χ1n) is 10.9. The Labute approximate surface area is 197 Å². The number of nitro benzene ring substituents is 1. The van der Waals surface area contributed by atoms with Crippen LogP contribution in [0.1, 0.15) is 30.9 Å². The maximum absolute atomic E-state index is 12.0. The van der Waals surface area contributed by atoms with Gasteiger partial charge in [-0.1, -0.05) is 0 Å². The van der Waals surface area contributed by atoms with Gasteiger partial charge in [0.2, 0.25) is 23.9 Å². The molecule has 1 spiro atoms. The molecule has 3 saturated heterocycles. The van der Waals surface area contributed by atoms with Gasteiger partial charge in [-0.15, -0.1) is 0 Å². The van der Waals surface area contributed by atoms with Crippen LogP contribution >= 0.6 is 0 Å². The van der Waals surface area contributed by atoms with E-state index in [4.69, 9.17) is 33.8 Å². The van der Waals surface area contributed by atoms with Crippen LogP contribution in [0.15, 0.2) is 12.1 Å². The van der Waals surface area contributed by atoms with E-state index < -0.39 is 50.9 Å². The van der Waals surface area contributed by atoms with E-state index in [2.05, 4.69) is 0 Å². The highest BCUT2D eigenvalue weighted by Gasteiger charge is 2.82. The van der Waals surface area contributed by atoms with Crippen LogP contribution in [-0.4, -0.2) is 42.4 Å². The predicted octanol–water partition coefficient (Wildman–Crippen LogP) is 2.19. The molecule has 5 aliphatic rings. The van der Waals surface area contributed by atoms with Gasteiger partial charge in [-0.05, 0) is 6.07 Å². The third-order valence-electron chi connectivity index (χ3n) is 7.73. The number of ether oxygens (including phenoxy) is 6. The fraction of sp³-hybridized carbons (Fsp3) is 0.545. The number of nitrogens with one attached hydrogen (secondary N) is 1. The lowest BCUT2D eigenvalue weighted by Gasteiger charge is -2.53. The van der Waals surface area contributed by atoms with E-state index in [1.807, 2.05) is 18.2 Å². The van der Waals surface area contributed by atoms with Gasteiger partial charge in [0.15, 0.2) is 22.7 Å². The Bertz CT molecular complexity index is 1290. The number of fused-ring (bicyclic) bond motifs is 1. The standard InChI is InChI=1S/C22H17N5O8/c23-8-19(9-24)17(12-5-14-15(31-11-30-14)6-13(12)27(28)29)34-22-2-1-20(32-3-4-33-20)7-16(22)21(19,10-25)18(26)35-22/h5-6,16-17,26H,1-4,7,11H2. The van der Waals surface area contributed by atoms with Gasteiger partial charge in [0.1, 0.15) is 6.10 Å². The number of hydrogen-bond donors (Lipinski definition) is 1. The number of hydrogen-bond acceptors (Lipinski definition) is 12. The molecular formula is C22H17N5O8. The lowest BCUT2D eigenvalue weighted by atomic mass is 9.51. The summed E-state index contributed by atoms with van der Waals surface area (Å²) in [5, 5.41) is 52.0. The molecule has 0 aromatic heterocycles. The largest absolute Gasteiger partial charge is 0.454 e. The van der Waals surface area contributed by atoms with Crippen molar-refractivity contribution in [3.05, 3.63) is 27.8 Å². The first-order valence-corrected chi connectivity index (χ1v) is 10.9. The van der Waals surface area contributed by atoms with E-state index in [0.29, 0.717) is 19.6 Å². The van der Waals surface area contributed by atoms with Gasteiger partial charge in [0, 0.05) is 19.3 Å². The topological polar surface area (TPSA) is 194 Å². The quantitative estimate of drug-likeness (QED) is 0.482. The molecule has 1 aliphatic carbocycles. The summed E-state index contributed by atoms with van der Waals surface area (Å²) in [6, 6.07) is 8.26. The highest BCUT2D eigenvalue weighted by atomic mass is 16.7. The number of nitriles is 3. The third kappa shape index (κ3) is 2.41. The van der Waals surface area contributed by atoms with Crippen LogP contribution < -0.4 is 9.47 Å². The zero-order chi connectivity index (χ0) is 24.6. The monoisotopic (exact) mass is 479 g/mol. The van der Waals surface area contributed by atoms with Crippen LogP contribution in [0.2, 0.25) is 0 Å². The van der Waals surface area contributed by atoms with Crippen molar-refractivity contribution in [1.82, 2.24) is 0 Å². The first kappa shape index (κ1) is 21.6. The van der Waals surface area contributed by atoms with Crippen LogP contribution in [0.5, 0.6) is 11.5 Å². The molecular weight excluding hydrogens is 462 g/mol. The summed E-state index contributed by atoms with van der Waals surface area (Å²) in [6.45, 7) is 0.519. The lowest BCUT2D eigenvalue weighted by molar-refractivity contribution is -0.388. The average Bonchev–Trinajstić information content (AvgIpc) is 3.55. The molecule has 4 atom stereocenters. The van der Waals surface area contributed by atoms with E-state index in [9.17, 15) is 25.9 Å². The Hall–Kier alpha value is -3.96. The van der Waals surface area contributed by atoms with E-state index in [1.165, 1.54) is 6.07 Å². The second-order valence-corrected chi connectivity index (χ2v) is 9.08. The molecule has 0 amide bonds. The van der Waals surface area contributed by atoms with Gasteiger partial charge >= 0.3 is 0 Å². The van der Waals surface area contributed by atoms with E-state index >= 15 is 0 Å². The van der Waals surface area contributed by atoms with Gasteiger partial charge < -0.3 is 28.4 Å². The molecule has 4 aliphatic heterocycles. The van der Waals surface area contributed by atoms with Gasteiger partial charge in [0.25, 0.3) is 5.69 Å². The summed E-state index contributed by atoms with van der Waals surface area (Å²) < 4.78 is 34.5. The molecule has 1 saturated carbocycles. The summed E-state index contributed by atoms with van der Waals surface area (Å²) in [5.74, 6) is -3.90. The van der Waals surface area contributed by atoms with Crippen LogP contribution in [0.3, 0.4) is 0 Å². The summed E-state index contributed by atoms with van der Waals surface area (Å²) in [5.41, 5.74) is -5.10. The van der Waals surface area contributed by atoms with Gasteiger partial charge in [-0.25, -0.2) is 0 Å². The van der Waals surface area contributed by atoms with Gasteiger partial charge in [0.05, 0.1) is 53.9 Å². The maximum atomic E-state index is 12.0. The molecule has 4 unspecified atom stereocenters. The van der Waals surface area contributed by atoms with E-state index in [0.717, 1.165) is 6.07 Å². The predicted molar refractivity (Wildman–Crippen MR) is 108 cm³/mol. The van der Waals surface area contributed by atoms with E-state index in [-0.39, 0.29) is 36.7 Å². The molecule has 2 bridgehead atoms. The Morgan fingerprint density at radius 1 is 1.06 bits per heavy atom. The molecule has 13 nitrogen and oxygen atoms in total. The molecule has 1 aromatic rings. The second-order valence-electron chi connectivity index (χ2n) is 9.08. The number of nitrogens with zero attached hydrogens (tertiary/aromatic N) is 4. The Morgan fingerprint density at radius 3 is 2.37 bits per heavy atom. The Kier molecular flexibility index (Phi) is 4.19. The zero-order valence-corrected chi connectivity index (χ0v) is 18.1. The van der Waals surface area contributed by atoms with E-state index in [1.54, 1.807) is 0 Å². The smallest absolute Gasteiger partial charge is 0.279 e. The fourth-order valence-electron chi connectivity index (χ4n) is 6.14. The van der Waals surface area contributed by atoms with Crippen LogP contribution in [0.25, 0.3) is 0 Å². The normalized spacial score (nSPS) is 34.8. The number of rotatable bonds is 2. The first-order chi connectivity index (χ1) is 16.8. The molecule has 35 heavy (non-hydrogen) atoms. The highest BCUT2D eigenvalue weighted by molar-refractivity contribution is 5.89. The number of benzene rings is 1. The molecule has 4 fully saturated rings. The van der Waals surface area contributed by atoms with Crippen molar-refractivity contribution >= 4 is 11.6 Å². The van der Waals surface area contributed by atoms with Crippen molar-refractivity contribution in [3.8, 4) is 29.7 Å². The average molecular weight is 479 g/mol. The minimum Gasteiger partial charge on any atom is -0.454 e. The molecule has 0 radical (unpaired) electrons. The molecule has 1 aromatic carbocycles. The zero-order valence-electron chi connectivity index (χ0n) is 18.1. The van der Waals surface area contributed by atoms with Crippen LogP contribution in [0.4, 0.5) is 5.69 Å². The number of nitro groups is 1. The van der Waals surface area contributed by atoms with Crippen molar-refractivity contribution in [2.24, 2.45) is 16.7 Å². The minimum absolute atomic E-state index is 0.0456. The lowest BCUT2D eigenvalue weighted by Crippen LogP contribution is -2.63. The summed E-state index contributed by atoms with van der Waals surface area (Å²) in [7, 11) is 0. The second kappa shape index (κ2) is 6.80. The molecule has 178 valence electrons. The van der Waals surface area contributed by atoms with Crippen molar-refractivity contribution in [1.29, 1.82) is 21.2 Å². The molecule has 13 heteroatoms. The minimum atomic E-state index is -2.38. The van der Waals surface area contributed by atoms with Crippen molar-refractivity contribution < 1.29 is 33.3 Å². The van der Waals surface area contributed by atoms with Gasteiger partial charge in [-0.3, -0.25) is 15.5 Å². The molecule has 1 N–H and O–H groups in total. The third-order valence-corrected chi connectivity index (χ3v) is 7.73.